The number of nitrogens with two attached hydrogens (primary N) is 1. The molecular weight excluding hydrogens is 221 g/mol. The lowest BCUT2D eigenvalue weighted by molar-refractivity contribution is 0.101. The van der Waals surface area contributed by atoms with E-state index in [9.17, 15) is 9.50 Å². The summed E-state index contributed by atoms with van der Waals surface area (Å²) in [5.41, 5.74) is 5.43. The van der Waals surface area contributed by atoms with Crippen LogP contribution < -0.4 is 5.73 Å². The third kappa shape index (κ3) is 3.25. The molecule has 1 rings (SSSR count). The molecule has 3 nitrogen and oxygen atoms in total. The minimum absolute atomic E-state index is 0.183. The lowest BCUT2D eigenvalue weighted by atomic mass is 9.78. The Balaban J connectivity index is 2.94. The molecule has 96 valence electrons. The molecule has 0 amide bonds. The van der Waals surface area contributed by atoms with Crippen molar-refractivity contribution in [3.8, 4) is 0 Å². The normalized spacial score (nSPS) is 14.6. The summed E-state index contributed by atoms with van der Waals surface area (Å²) in [6.07, 6.45) is 0.509. The molecule has 0 aliphatic carbocycles. The fraction of sp³-hybridized carbons (Fsp3) is 0.538. The lowest BCUT2D eigenvalue weighted by Gasteiger charge is -2.31. The van der Waals surface area contributed by atoms with E-state index >= 15 is 0 Å². The first-order valence-corrected chi connectivity index (χ1v) is 5.84. The third-order valence-corrected chi connectivity index (χ3v) is 3.07. The number of aliphatic hydroxyl groups is 1. The average molecular weight is 241 g/mol. The van der Waals surface area contributed by atoms with Crippen LogP contribution in [0.4, 0.5) is 4.39 Å². The number of rotatable bonds is 7. The Morgan fingerprint density at radius 1 is 1.41 bits per heavy atom. The molecule has 0 bridgehead atoms. The first-order chi connectivity index (χ1) is 8.20. The Kier molecular flexibility index (Phi) is 5.55. The van der Waals surface area contributed by atoms with E-state index in [4.69, 9.17) is 10.5 Å². The number of halogens is 1. The van der Waals surface area contributed by atoms with E-state index in [0.717, 1.165) is 0 Å². The van der Waals surface area contributed by atoms with Crippen LogP contribution >= 0.6 is 0 Å². The molecule has 0 heterocycles. The van der Waals surface area contributed by atoms with Crippen molar-refractivity contribution in [3.63, 3.8) is 0 Å². The van der Waals surface area contributed by atoms with E-state index in [1.807, 2.05) is 6.92 Å². The van der Waals surface area contributed by atoms with E-state index in [0.29, 0.717) is 25.2 Å². The highest BCUT2D eigenvalue weighted by molar-refractivity contribution is 5.28. The summed E-state index contributed by atoms with van der Waals surface area (Å²) in [4.78, 5) is 0. The molecular formula is C13H20FNO2. The van der Waals surface area contributed by atoms with Gasteiger partial charge in [0.25, 0.3) is 0 Å². The highest BCUT2D eigenvalue weighted by Crippen LogP contribution is 2.28. The quantitative estimate of drug-likeness (QED) is 0.710. The second-order valence-electron chi connectivity index (χ2n) is 4.07. The molecule has 1 atom stereocenters. The van der Waals surface area contributed by atoms with Crippen molar-refractivity contribution in [2.24, 2.45) is 5.73 Å². The van der Waals surface area contributed by atoms with Crippen molar-refractivity contribution in [1.82, 2.24) is 0 Å². The molecule has 0 aliphatic rings. The number of hydrogen-bond acceptors (Lipinski definition) is 3. The maximum absolute atomic E-state index is 13.8. The van der Waals surface area contributed by atoms with Crippen molar-refractivity contribution in [2.45, 2.75) is 18.8 Å². The SMILES string of the molecule is CCOCCC(CN)(CO)c1ccccc1F. The van der Waals surface area contributed by atoms with E-state index in [1.54, 1.807) is 18.2 Å². The van der Waals surface area contributed by atoms with Crippen molar-refractivity contribution in [2.75, 3.05) is 26.4 Å². The van der Waals surface area contributed by atoms with E-state index in [-0.39, 0.29) is 19.0 Å². The maximum atomic E-state index is 13.8. The van der Waals surface area contributed by atoms with Crippen LogP contribution in [0.25, 0.3) is 0 Å². The van der Waals surface area contributed by atoms with Gasteiger partial charge < -0.3 is 15.6 Å². The Bertz CT molecular complexity index is 340. The largest absolute Gasteiger partial charge is 0.395 e. The highest BCUT2D eigenvalue weighted by atomic mass is 19.1. The van der Waals surface area contributed by atoms with Crippen molar-refractivity contribution >= 4 is 0 Å². The van der Waals surface area contributed by atoms with Crippen molar-refractivity contribution in [3.05, 3.63) is 35.6 Å². The van der Waals surface area contributed by atoms with Gasteiger partial charge in [-0.1, -0.05) is 18.2 Å². The summed E-state index contributed by atoms with van der Waals surface area (Å²) in [5.74, 6) is -0.330. The molecule has 17 heavy (non-hydrogen) atoms. The van der Waals surface area contributed by atoms with Crippen molar-refractivity contribution in [1.29, 1.82) is 0 Å². The first-order valence-electron chi connectivity index (χ1n) is 5.84. The summed E-state index contributed by atoms with van der Waals surface area (Å²) in [6, 6.07) is 6.43. The monoisotopic (exact) mass is 241 g/mol. The van der Waals surface area contributed by atoms with Gasteiger partial charge in [-0.25, -0.2) is 4.39 Å². The van der Waals surface area contributed by atoms with Gasteiger partial charge in [0.15, 0.2) is 0 Å². The van der Waals surface area contributed by atoms with Gasteiger partial charge in [-0.15, -0.1) is 0 Å². The fourth-order valence-corrected chi connectivity index (χ4v) is 1.88. The van der Waals surface area contributed by atoms with Gasteiger partial charge in [-0.3, -0.25) is 0 Å². The summed E-state index contributed by atoms with van der Waals surface area (Å²) in [7, 11) is 0. The van der Waals surface area contributed by atoms with Gasteiger partial charge in [-0.2, -0.15) is 0 Å². The Morgan fingerprint density at radius 2 is 2.12 bits per heavy atom. The standard InChI is InChI=1S/C13H20FNO2/c1-2-17-8-7-13(9-15,10-16)11-5-3-4-6-12(11)14/h3-6,16H,2,7-10,15H2,1H3. The molecule has 0 saturated carbocycles. The smallest absolute Gasteiger partial charge is 0.127 e. The fourth-order valence-electron chi connectivity index (χ4n) is 1.88. The molecule has 3 N–H and O–H groups in total. The number of hydrogen-bond donors (Lipinski definition) is 2. The average Bonchev–Trinajstić information content (AvgIpc) is 2.36. The van der Waals surface area contributed by atoms with E-state index in [1.165, 1.54) is 6.07 Å². The summed E-state index contributed by atoms with van der Waals surface area (Å²) >= 11 is 0. The van der Waals surface area contributed by atoms with Crippen LogP contribution in [0.3, 0.4) is 0 Å². The predicted octanol–water partition coefficient (Wildman–Crippen LogP) is 1.44. The van der Waals surface area contributed by atoms with Crippen LogP contribution in [0, 0.1) is 5.82 Å². The van der Waals surface area contributed by atoms with Crippen LogP contribution in [-0.4, -0.2) is 31.5 Å². The van der Waals surface area contributed by atoms with Crippen LogP contribution in [-0.2, 0) is 10.2 Å². The molecule has 1 aromatic carbocycles. The molecule has 0 fully saturated rings. The van der Waals surface area contributed by atoms with Gasteiger partial charge in [0.2, 0.25) is 0 Å². The molecule has 0 aromatic heterocycles. The Hall–Kier alpha value is -0.970. The zero-order valence-electron chi connectivity index (χ0n) is 10.2. The number of aliphatic hydroxyl groups excluding tert-OH is 1. The molecule has 0 aliphatic heterocycles. The maximum Gasteiger partial charge on any atom is 0.127 e. The van der Waals surface area contributed by atoms with Gasteiger partial charge >= 0.3 is 0 Å². The van der Waals surface area contributed by atoms with Crippen LogP contribution in [0.15, 0.2) is 24.3 Å². The summed E-state index contributed by atoms with van der Waals surface area (Å²) in [5, 5.41) is 9.55. The first kappa shape index (κ1) is 14.1. The second-order valence-corrected chi connectivity index (χ2v) is 4.07. The van der Waals surface area contributed by atoms with Gasteiger partial charge in [-0.05, 0) is 25.0 Å². The Morgan fingerprint density at radius 3 is 2.65 bits per heavy atom. The topological polar surface area (TPSA) is 55.5 Å². The van der Waals surface area contributed by atoms with Crippen LogP contribution in [0.5, 0.6) is 0 Å². The minimum Gasteiger partial charge on any atom is -0.395 e. The zero-order chi connectivity index (χ0) is 12.7. The van der Waals surface area contributed by atoms with Gasteiger partial charge in [0.1, 0.15) is 5.82 Å². The van der Waals surface area contributed by atoms with Gasteiger partial charge in [0.05, 0.1) is 6.61 Å². The second kappa shape index (κ2) is 6.69. The number of ether oxygens (including phenoxy) is 1. The highest BCUT2D eigenvalue weighted by Gasteiger charge is 2.32. The molecule has 0 radical (unpaired) electrons. The van der Waals surface area contributed by atoms with E-state index < -0.39 is 5.41 Å². The zero-order valence-corrected chi connectivity index (χ0v) is 10.2. The summed E-state index contributed by atoms with van der Waals surface area (Å²) in [6.45, 7) is 2.97. The molecule has 1 unspecified atom stereocenters. The van der Waals surface area contributed by atoms with Crippen LogP contribution in [0.1, 0.15) is 18.9 Å². The van der Waals surface area contributed by atoms with Gasteiger partial charge in [0, 0.05) is 25.2 Å². The van der Waals surface area contributed by atoms with Crippen LogP contribution in [0.2, 0.25) is 0 Å². The third-order valence-electron chi connectivity index (χ3n) is 3.07. The Labute approximate surface area is 101 Å². The molecule has 0 spiro atoms. The summed E-state index contributed by atoms with van der Waals surface area (Å²) < 4.78 is 19.0. The molecule has 1 aromatic rings. The lowest BCUT2D eigenvalue weighted by Crippen LogP contribution is -2.40. The minimum atomic E-state index is -0.749. The molecule has 0 saturated heterocycles. The molecule has 4 heteroatoms. The van der Waals surface area contributed by atoms with E-state index in [2.05, 4.69) is 0 Å². The predicted molar refractivity (Wildman–Crippen MR) is 65.3 cm³/mol. The van der Waals surface area contributed by atoms with Crippen molar-refractivity contribution < 1.29 is 14.2 Å². The number of benzene rings is 1.